The first-order valence-electron chi connectivity index (χ1n) is 9.03. The van der Waals surface area contributed by atoms with Crippen LogP contribution in [0.5, 0.6) is 0 Å². The molecular weight excluding hydrogens is 418 g/mol. The van der Waals surface area contributed by atoms with Crippen molar-refractivity contribution in [1.29, 1.82) is 5.26 Å². The van der Waals surface area contributed by atoms with Crippen molar-refractivity contribution in [2.75, 3.05) is 0 Å². The Morgan fingerprint density at radius 3 is 2.71 bits per heavy atom. The van der Waals surface area contributed by atoms with Crippen molar-refractivity contribution < 1.29 is 9.53 Å². The molecule has 0 bridgehead atoms. The number of hydrogen-bond donors (Lipinski definition) is 0. The van der Waals surface area contributed by atoms with Crippen LogP contribution in [0.3, 0.4) is 0 Å². The lowest BCUT2D eigenvalue weighted by Gasteiger charge is -2.19. The van der Waals surface area contributed by atoms with Crippen molar-refractivity contribution in [1.82, 2.24) is 9.78 Å². The van der Waals surface area contributed by atoms with Gasteiger partial charge in [0.05, 0.1) is 35.8 Å². The van der Waals surface area contributed by atoms with E-state index in [1.807, 2.05) is 62.7 Å². The molecule has 5 nitrogen and oxygen atoms in total. The highest BCUT2D eigenvalue weighted by Crippen LogP contribution is 2.25. The molecule has 28 heavy (non-hydrogen) atoms. The monoisotopic (exact) mass is 439 g/mol. The van der Waals surface area contributed by atoms with Crippen LogP contribution in [0.15, 0.2) is 40.9 Å². The van der Waals surface area contributed by atoms with E-state index in [-0.39, 0.29) is 12.4 Å². The second-order valence-corrected chi connectivity index (χ2v) is 8.59. The summed E-state index contributed by atoms with van der Waals surface area (Å²) in [6.07, 6.45) is 0.204. The Bertz CT molecular complexity index is 1090. The summed E-state index contributed by atoms with van der Waals surface area (Å²) >= 11 is 3.54. The number of carbonyl (C=O) groups excluding carboxylic acids is 1. The Kier molecular flexibility index (Phi) is 5.57. The molecule has 0 fully saturated rings. The summed E-state index contributed by atoms with van der Waals surface area (Å²) in [5, 5.41) is 15.1. The summed E-state index contributed by atoms with van der Waals surface area (Å²) in [5.74, 6) is -0.257. The molecule has 1 heterocycles. The zero-order valence-electron chi connectivity index (χ0n) is 16.4. The maximum Gasteiger partial charge on any atom is 0.310 e. The molecule has 0 atom stereocenters. The molecule has 6 heteroatoms. The van der Waals surface area contributed by atoms with Gasteiger partial charge < -0.3 is 4.74 Å². The molecule has 0 spiro atoms. The second kappa shape index (κ2) is 7.76. The number of esters is 1. The summed E-state index contributed by atoms with van der Waals surface area (Å²) < 4.78 is 8.18. The van der Waals surface area contributed by atoms with Gasteiger partial charge in [-0.05, 0) is 51.5 Å². The van der Waals surface area contributed by atoms with E-state index in [0.717, 1.165) is 32.2 Å². The second-order valence-electron chi connectivity index (χ2n) is 7.74. The predicted molar refractivity (Wildman–Crippen MR) is 112 cm³/mol. The Morgan fingerprint density at radius 1 is 1.29 bits per heavy atom. The van der Waals surface area contributed by atoms with Gasteiger partial charge in [-0.25, -0.2) is 0 Å². The van der Waals surface area contributed by atoms with Gasteiger partial charge in [-0.1, -0.05) is 34.1 Å². The number of aryl methyl sites for hydroxylation is 1. The molecule has 0 N–H and O–H groups in total. The lowest BCUT2D eigenvalue weighted by Crippen LogP contribution is -2.24. The first kappa shape index (κ1) is 20.1. The Morgan fingerprint density at radius 2 is 2.04 bits per heavy atom. The molecule has 0 unspecified atom stereocenters. The molecule has 0 amide bonds. The highest BCUT2D eigenvalue weighted by atomic mass is 79.9. The van der Waals surface area contributed by atoms with E-state index >= 15 is 0 Å². The van der Waals surface area contributed by atoms with Gasteiger partial charge in [-0.15, -0.1) is 0 Å². The quantitative estimate of drug-likeness (QED) is 0.541. The van der Waals surface area contributed by atoms with Crippen LogP contribution in [0.4, 0.5) is 0 Å². The van der Waals surface area contributed by atoms with E-state index in [4.69, 9.17) is 4.74 Å². The largest absolute Gasteiger partial charge is 0.460 e. The number of ether oxygens (including phenoxy) is 1. The first-order valence-corrected chi connectivity index (χ1v) is 9.82. The third-order valence-electron chi connectivity index (χ3n) is 4.32. The van der Waals surface area contributed by atoms with Crippen LogP contribution < -0.4 is 0 Å². The van der Waals surface area contributed by atoms with E-state index in [1.54, 1.807) is 6.07 Å². The van der Waals surface area contributed by atoms with Crippen molar-refractivity contribution in [3.63, 3.8) is 0 Å². The molecule has 0 aliphatic rings. The van der Waals surface area contributed by atoms with Gasteiger partial charge in [0.15, 0.2) is 0 Å². The van der Waals surface area contributed by atoms with Crippen LogP contribution in [0.2, 0.25) is 0 Å². The summed E-state index contributed by atoms with van der Waals surface area (Å²) in [4.78, 5) is 12.2. The van der Waals surface area contributed by atoms with Gasteiger partial charge in [-0.3, -0.25) is 9.48 Å². The van der Waals surface area contributed by atoms with Crippen LogP contribution in [0.25, 0.3) is 10.9 Å². The first-order chi connectivity index (χ1) is 13.2. The molecular formula is C22H22BrN3O2. The van der Waals surface area contributed by atoms with Crippen LogP contribution in [0, 0.1) is 18.3 Å². The van der Waals surface area contributed by atoms with Crippen LogP contribution in [-0.2, 0) is 22.5 Å². The van der Waals surface area contributed by atoms with Gasteiger partial charge in [0.25, 0.3) is 0 Å². The maximum atomic E-state index is 12.2. The minimum Gasteiger partial charge on any atom is -0.460 e. The van der Waals surface area contributed by atoms with Crippen LogP contribution >= 0.6 is 15.9 Å². The van der Waals surface area contributed by atoms with E-state index in [0.29, 0.717) is 12.1 Å². The van der Waals surface area contributed by atoms with Gasteiger partial charge in [0.1, 0.15) is 5.60 Å². The number of carbonyl (C=O) groups is 1. The molecule has 3 rings (SSSR count). The average Bonchev–Trinajstić information content (AvgIpc) is 2.90. The molecule has 0 saturated carbocycles. The highest BCUT2D eigenvalue weighted by molar-refractivity contribution is 9.10. The summed E-state index contributed by atoms with van der Waals surface area (Å²) in [7, 11) is 0. The fourth-order valence-corrected chi connectivity index (χ4v) is 3.63. The average molecular weight is 440 g/mol. The minimum absolute atomic E-state index is 0.204. The number of nitriles is 1. The van der Waals surface area contributed by atoms with Crippen LogP contribution in [-0.4, -0.2) is 21.4 Å². The number of rotatable bonds is 4. The fraction of sp³-hybridized carbons (Fsp3) is 0.318. The molecule has 2 aromatic carbocycles. The topological polar surface area (TPSA) is 67.9 Å². The molecule has 0 aliphatic heterocycles. The van der Waals surface area contributed by atoms with E-state index < -0.39 is 5.60 Å². The molecule has 3 aromatic rings. The Hall–Kier alpha value is -2.65. The highest BCUT2D eigenvalue weighted by Gasteiger charge is 2.18. The minimum atomic E-state index is -0.507. The molecule has 1 aromatic heterocycles. The summed E-state index contributed by atoms with van der Waals surface area (Å²) in [6, 6.07) is 13.7. The lowest BCUT2D eigenvalue weighted by atomic mass is 10.1. The predicted octanol–water partition coefficient (Wildman–Crippen LogP) is 4.91. The number of benzene rings is 2. The Balaban J connectivity index is 1.96. The van der Waals surface area contributed by atoms with Gasteiger partial charge in [-0.2, -0.15) is 10.4 Å². The number of halogens is 1. The third-order valence-corrected chi connectivity index (χ3v) is 5.06. The van der Waals surface area contributed by atoms with E-state index in [1.165, 1.54) is 0 Å². The van der Waals surface area contributed by atoms with Crippen molar-refractivity contribution in [2.24, 2.45) is 0 Å². The standard InChI is InChI=1S/C22H22BrN3O2/c1-14-17-9-8-15(11-21(27)28-22(2,3)4)10-20(17)26(25-14)13-18-16(12-24)6-5-7-19(18)23/h5-10H,11,13H2,1-4H3. The number of fused-ring (bicyclic) bond motifs is 1. The zero-order chi connectivity index (χ0) is 20.5. The lowest BCUT2D eigenvalue weighted by molar-refractivity contribution is -0.153. The van der Waals surface area contributed by atoms with Crippen molar-refractivity contribution in [3.05, 3.63) is 63.3 Å². The zero-order valence-corrected chi connectivity index (χ0v) is 18.0. The van der Waals surface area contributed by atoms with Gasteiger partial charge in [0.2, 0.25) is 0 Å². The van der Waals surface area contributed by atoms with Crippen molar-refractivity contribution in [2.45, 2.75) is 46.3 Å². The summed E-state index contributed by atoms with van der Waals surface area (Å²) in [5.41, 5.74) is 3.69. The van der Waals surface area contributed by atoms with Crippen molar-refractivity contribution in [3.8, 4) is 6.07 Å². The normalized spacial score (nSPS) is 11.4. The van der Waals surface area contributed by atoms with Crippen molar-refractivity contribution >= 4 is 32.8 Å². The number of nitrogens with zero attached hydrogens (tertiary/aromatic N) is 3. The third kappa shape index (κ3) is 4.42. The Labute approximate surface area is 173 Å². The number of aromatic nitrogens is 2. The van der Waals surface area contributed by atoms with E-state index in [2.05, 4.69) is 27.1 Å². The van der Waals surface area contributed by atoms with Crippen LogP contribution in [0.1, 0.15) is 43.2 Å². The van der Waals surface area contributed by atoms with Gasteiger partial charge >= 0.3 is 5.97 Å². The molecule has 0 radical (unpaired) electrons. The van der Waals surface area contributed by atoms with Gasteiger partial charge in [0, 0.05) is 15.4 Å². The molecule has 0 saturated heterocycles. The fourth-order valence-electron chi connectivity index (χ4n) is 3.13. The number of hydrogen-bond acceptors (Lipinski definition) is 4. The smallest absolute Gasteiger partial charge is 0.310 e. The molecule has 144 valence electrons. The molecule has 0 aliphatic carbocycles. The van der Waals surface area contributed by atoms with E-state index in [9.17, 15) is 10.1 Å². The SMILES string of the molecule is Cc1nn(Cc2c(Br)cccc2C#N)c2cc(CC(=O)OC(C)(C)C)ccc12. The maximum absolute atomic E-state index is 12.2. The summed E-state index contributed by atoms with van der Waals surface area (Å²) in [6.45, 7) is 7.99.